The molecule has 0 saturated carbocycles. The maximum atomic E-state index is 12.6. The largest absolute Gasteiger partial charge is 0.379 e. The molecule has 0 bridgehead atoms. The van der Waals surface area contributed by atoms with Crippen LogP contribution in [0, 0.1) is 5.41 Å². The number of hydrogen-bond donors (Lipinski definition) is 2. The van der Waals surface area contributed by atoms with Gasteiger partial charge in [0.2, 0.25) is 5.91 Å². The van der Waals surface area contributed by atoms with E-state index >= 15 is 0 Å². The van der Waals surface area contributed by atoms with E-state index in [1.165, 1.54) is 0 Å². The smallest absolute Gasteiger partial charge is 0.255 e. The molecule has 0 fully saturated rings. The summed E-state index contributed by atoms with van der Waals surface area (Å²) in [6.45, 7) is 9.68. The lowest BCUT2D eigenvalue weighted by Gasteiger charge is -2.18. The number of anilines is 2. The first-order chi connectivity index (χ1) is 13.8. The Morgan fingerprint density at radius 1 is 0.897 bits per heavy atom. The summed E-state index contributed by atoms with van der Waals surface area (Å²) in [5.74, 6) is -0.349. The predicted octanol–water partition coefficient (Wildman–Crippen LogP) is 4.48. The first-order valence-electron chi connectivity index (χ1n) is 9.77. The van der Waals surface area contributed by atoms with Crippen LogP contribution in [0.2, 0.25) is 0 Å². The molecule has 0 aliphatic rings. The van der Waals surface area contributed by atoms with E-state index in [0.29, 0.717) is 43.4 Å². The molecule has 2 aromatic rings. The highest BCUT2D eigenvalue weighted by Gasteiger charge is 2.21. The minimum atomic E-state index is -0.510. The summed E-state index contributed by atoms with van der Waals surface area (Å²) in [6.07, 6.45) is 0. The molecule has 2 rings (SSSR count). The van der Waals surface area contributed by atoms with Crippen LogP contribution in [0.25, 0.3) is 0 Å². The van der Waals surface area contributed by atoms with Crippen molar-refractivity contribution >= 4 is 23.2 Å². The Hall–Kier alpha value is -2.70. The second kappa shape index (κ2) is 10.7. The van der Waals surface area contributed by atoms with E-state index in [2.05, 4.69) is 10.6 Å². The standard InChI is InChI=1S/C23H30N2O4/c1-5-28-12-13-29-16-17-8-6-10-19(14-17)24-21(26)18-9-7-11-20(15-18)25-22(27)23(2,3)4/h6-11,14-15H,5,12-13,16H2,1-4H3,(H,24,26)(H,25,27). The maximum Gasteiger partial charge on any atom is 0.255 e. The average molecular weight is 399 g/mol. The van der Waals surface area contributed by atoms with Gasteiger partial charge in [0.05, 0.1) is 19.8 Å². The van der Waals surface area contributed by atoms with E-state index in [0.717, 1.165) is 5.56 Å². The van der Waals surface area contributed by atoms with Crippen LogP contribution >= 0.6 is 0 Å². The van der Waals surface area contributed by atoms with Crippen LogP contribution in [0.3, 0.4) is 0 Å². The van der Waals surface area contributed by atoms with Gasteiger partial charge in [0.15, 0.2) is 0 Å². The van der Waals surface area contributed by atoms with Crippen LogP contribution in [0.15, 0.2) is 48.5 Å². The molecule has 6 heteroatoms. The molecule has 0 aliphatic carbocycles. The number of ether oxygens (including phenoxy) is 2. The van der Waals surface area contributed by atoms with Crippen LogP contribution in [-0.2, 0) is 20.9 Å². The van der Waals surface area contributed by atoms with Gasteiger partial charge in [-0.05, 0) is 42.8 Å². The molecule has 0 spiro atoms. The third-order valence-electron chi connectivity index (χ3n) is 4.09. The molecule has 0 heterocycles. The molecular formula is C23H30N2O4. The van der Waals surface area contributed by atoms with E-state index < -0.39 is 5.41 Å². The highest BCUT2D eigenvalue weighted by atomic mass is 16.5. The zero-order valence-electron chi connectivity index (χ0n) is 17.6. The molecule has 2 amide bonds. The summed E-state index contributed by atoms with van der Waals surface area (Å²) >= 11 is 0. The van der Waals surface area contributed by atoms with Crippen molar-refractivity contribution in [2.24, 2.45) is 5.41 Å². The van der Waals surface area contributed by atoms with Crippen LogP contribution < -0.4 is 10.6 Å². The van der Waals surface area contributed by atoms with E-state index in [1.807, 2.05) is 52.0 Å². The second-order valence-corrected chi connectivity index (χ2v) is 7.69. The maximum absolute atomic E-state index is 12.6. The molecule has 0 aliphatic heterocycles. The summed E-state index contributed by atoms with van der Waals surface area (Å²) in [5.41, 5.74) is 2.20. The summed E-state index contributed by atoms with van der Waals surface area (Å²) in [5, 5.41) is 5.73. The number of carbonyl (C=O) groups is 2. The molecule has 0 aromatic heterocycles. The van der Waals surface area contributed by atoms with E-state index in [9.17, 15) is 9.59 Å². The van der Waals surface area contributed by atoms with E-state index in [1.54, 1.807) is 24.3 Å². The zero-order chi connectivity index (χ0) is 21.3. The fraction of sp³-hybridized carbons (Fsp3) is 0.391. The van der Waals surface area contributed by atoms with Crippen molar-refractivity contribution in [2.75, 3.05) is 30.5 Å². The Kier molecular flexibility index (Phi) is 8.36. The quantitative estimate of drug-likeness (QED) is 0.611. The highest BCUT2D eigenvalue weighted by Crippen LogP contribution is 2.19. The van der Waals surface area contributed by atoms with Gasteiger partial charge >= 0.3 is 0 Å². The Bertz CT molecular complexity index is 828. The minimum absolute atomic E-state index is 0.105. The number of nitrogens with one attached hydrogen (secondary N) is 2. The lowest BCUT2D eigenvalue weighted by atomic mass is 9.95. The first-order valence-corrected chi connectivity index (χ1v) is 9.77. The second-order valence-electron chi connectivity index (χ2n) is 7.69. The molecule has 29 heavy (non-hydrogen) atoms. The minimum Gasteiger partial charge on any atom is -0.379 e. The van der Waals surface area contributed by atoms with Crippen LogP contribution in [0.5, 0.6) is 0 Å². The van der Waals surface area contributed by atoms with Gasteiger partial charge in [-0.25, -0.2) is 0 Å². The van der Waals surface area contributed by atoms with Gasteiger partial charge in [0.1, 0.15) is 0 Å². The summed E-state index contributed by atoms with van der Waals surface area (Å²) in [4.78, 5) is 24.8. The number of hydrogen-bond acceptors (Lipinski definition) is 4. The van der Waals surface area contributed by atoms with Crippen molar-refractivity contribution in [3.05, 3.63) is 59.7 Å². The van der Waals surface area contributed by atoms with Crippen molar-refractivity contribution in [1.29, 1.82) is 0 Å². The van der Waals surface area contributed by atoms with Gasteiger partial charge in [0.25, 0.3) is 5.91 Å². The molecule has 156 valence electrons. The third kappa shape index (κ3) is 7.68. The molecule has 0 unspecified atom stereocenters. The molecule has 6 nitrogen and oxygen atoms in total. The van der Waals surface area contributed by atoms with Crippen molar-refractivity contribution in [3.63, 3.8) is 0 Å². The van der Waals surface area contributed by atoms with Crippen molar-refractivity contribution in [2.45, 2.75) is 34.3 Å². The third-order valence-corrected chi connectivity index (χ3v) is 4.09. The Balaban J connectivity index is 1.97. The summed E-state index contributed by atoms with van der Waals surface area (Å²) < 4.78 is 10.8. The zero-order valence-corrected chi connectivity index (χ0v) is 17.6. The Morgan fingerprint density at radius 3 is 2.24 bits per heavy atom. The number of carbonyl (C=O) groups excluding carboxylic acids is 2. The molecule has 0 saturated heterocycles. The highest BCUT2D eigenvalue weighted by molar-refractivity contribution is 6.05. The predicted molar refractivity (Wildman–Crippen MR) is 115 cm³/mol. The molecule has 2 N–H and O–H groups in total. The summed E-state index contributed by atoms with van der Waals surface area (Å²) in [7, 11) is 0. The monoisotopic (exact) mass is 398 g/mol. The Morgan fingerprint density at radius 2 is 1.55 bits per heavy atom. The lowest BCUT2D eigenvalue weighted by Crippen LogP contribution is -2.27. The number of rotatable bonds is 9. The van der Waals surface area contributed by atoms with Gasteiger partial charge in [-0.2, -0.15) is 0 Å². The van der Waals surface area contributed by atoms with Gasteiger partial charge in [-0.3, -0.25) is 9.59 Å². The molecular weight excluding hydrogens is 368 g/mol. The van der Waals surface area contributed by atoms with Gasteiger partial charge in [0, 0.05) is 29.0 Å². The fourth-order valence-electron chi connectivity index (χ4n) is 2.45. The van der Waals surface area contributed by atoms with Crippen molar-refractivity contribution in [3.8, 4) is 0 Å². The molecule has 0 radical (unpaired) electrons. The van der Waals surface area contributed by atoms with E-state index in [-0.39, 0.29) is 11.8 Å². The molecule has 2 aromatic carbocycles. The molecule has 0 atom stereocenters. The lowest BCUT2D eigenvalue weighted by molar-refractivity contribution is -0.123. The normalized spacial score (nSPS) is 11.2. The van der Waals surface area contributed by atoms with Crippen LogP contribution in [0.1, 0.15) is 43.6 Å². The fourth-order valence-corrected chi connectivity index (χ4v) is 2.45. The number of amides is 2. The van der Waals surface area contributed by atoms with Gasteiger partial charge in [-0.15, -0.1) is 0 Å². The van der Waals surface area contributed by atoms with Crippen molar-refractivity contribution in [1.82, 2.24) is 0 Å². The SMILES string of the molecule is CCOCCOCc1cccc(NC(=O)c2cccc(NC(=O)C(C)(C)C)c2)c1. The summed E-state index contributed by atoms with van der Waals surface area (Å²) in [6, 6.07) is 14.4. The average Bonchev–Trinajstić information content (AvgIpc) is 2.67. The topological polar surface area (TPSA) is 76.7 Å². The van der Waals surface area contributed by atoms with Gasteiger partial charge < -0.3 is 20.1 Å². The van der Waals surface area contributed by atoms with E-state index in [4.69, 9.17) is 9.47 Å². The van der Waals surface area contributed by atoms with Gasteiger partial charge in [-0.1, -0.05) is 39.0 Å². The Labute approximate surface area is 172 Å². The number of benzene rings is 2. The van der Waals surface area contributed by atoms with Crippen LogP contribution in [-0.4, -0.2) is 31.6 Å². The van der Waals surface area contributed by atoms with Crippen molar-refractivity contribution < 1.29 is 19.1 Å². The first kappa shape index (κ1) is 22.6. The van der Waals surface area contributed by atoms with Crippen LogP contribution in [0.4, 0.5) is 11.4 Å².